The van der Waals surface area contributed by atoms with Gasteiger partial charge >= 0.3 is 5.97 Å². The van der Waals surface area contributed by atoms with Crippen molar-refractivity contribution in [2.24, 2.45) is 0 Å². The number of aromatic carboxylic acids is 1. The molecule has 0 spiro atoms. The minimum absolute atomic E-state index is 0.363. The van der Waals surface area contributed by atoms with Gasteiger partial charge in [-0.15, -0.1) is 11.3 Å². The molecule has 1 atom stereocenters. The summed E-state index contributed by atoms with van der Waals surface area (Å²) >= 11 is 3.10. The van der Waals surface area contributed by atoms with Crippen LogP contribution in [0.2, 0.25) is 0 Å². The lowest BCUT2D eigenvalue weighted by molar-refractivity contribution is 0.0700. The Kier molecular flexibility index (Phi) is 2.55. The van der Waals surface area contributed by atoms with Crippen LogP contribution in [-0.4, -0.2) is 27.6 Å². The first kappa shape index (κ1) is 9.02. The van der Waals surface area contributed by atoms with Crippen LogP contribution in [0.4, 0.5) is 0 Å². The van der Waals surface area contributed by atoms with Crippen molar-refractivity contribution in [3.05, 3.63) is 16.1 Å². The summed E-state index contributed by atoms with van der Waals surface area (Å²) in [5.41, 5.74) is 2.42. The average molecular weight is 215 g/mol. The van der Waals surface area contributed by atoms with Crippen molar-refractivity contribution in [2.75, 3.05) is 11.5 Å². The second-order valence-electron chi connectivity index (χ2n) is 2.93. The molecule has 3 nitrogen and oxygen atoms in total. The van der Waals surface area contributed by atoms with E-state index < -0.39 is 5.97 Å². The molecule has 1 fully saturated rings. The number of carboxylic acid groups (broad SMARTS) is 1. The van der Waals surface area contributed by atoms with Gasteiger partial charge in [-0.25, -0.2) is 9.78 Å². The highest BCUT2D eigenvalue weighted by molar-refractivity contribution is 7.99. The predicted octanol–water partition coefficient (Wildman–Crippen LogP) is 2.06. The fourth-order valence-corrected chi connectivity index (χ4v) is 3.40. The maximum Gasteiger partial charge on any atom is 0.347 e. The minimum Gasteiger partial charge on any atom is -0.477 e. The number of thiazole rings is 1. The van der Waals surface area contributed by atoms with Crippen LogP contribution in [0, 0.1) is 0 Å². The van der Waals surface area contributed by atoms with Crippen molar-refractivity contribution in [1.82, 2.24) is 4.98 Å². The van der Waals surface area contributed by atoms with Crippen LogP contribution in [0.5, 0.6) is 0 Å². The van der Waals surface area contributed by atoms with E-state index in [0.717, 1.165) is 23.6 Å². The molecule has 0 amide bonds. The third-order valence-corrected chi connectivity index (χ3v) is 4.10. The summed E-state index contributed by atoms with van der Waals surface area (Å²) in [4.78, 5) is 15.4. The summed E-state index contributed by atoms with van der Waals surface area (Å²) in [5.74, 6) is 1.67. The van der Waals surface area contributed by atoms with E-state index in [1.807, 2.05) is 11.8 Å². The summed E-state index contributed by atoms with van der Waals surface area (Å²) in [5, 5.41) is 8.88. The van der Waals surface area contributed by atoms with Crippen molar-refractivity contribution < 1.29 is 9.90 Å². The van der Waals surface area contributed by atoms with Crippen molar-refractivity contribution >= 4 is 29.1 Å². The lowest BCUT2D eigenvalue weighted by Gasteiger charge is -2.04. The third-order valence-electron chi connectivity index (χ3n) is 2.11. The number of hydrogen-bond donors (Lipinski definition) is 1. The molecule has 1 N–H and O–H groups in total. The number of thioether (sulfide) groups is 1. The number of aromatic nitrogens is 1. The van der Waals surface area contributed by atoms with Gasteiger partial charge in [-0.05, 0) is 12.2 Å². The van der Waals surface area contributed by atoms with E-state index in [4.69, 9.17) is 5.11 Å². The molecular weight excluding hydrogens is 206 g/mol. The summed E-state index contributed by atoms with van der Waals surface area (Å²) in [7, 11) is 0. The van der Waals surface area contributed by atoms with E-state index in [-0.39, 0.29) is 0 Å². The first-order valence-corrected chi connectivity index (χ1v) is 6.07. The van der Waals surface area contributed by atoms with Crippen LogP contribution in [0.25, 0.3) is 0 Å². The molecule has 70 valence electrons. The first-order valence-electron chi connectivity index (χ1n) is 4.03. The Morgan fingerprint density at radius 2 is 2.54 bits per heavy atom. The fourth-order valence-electron chi connectivity index (χ4n) is 1.46. The number of nitrogens with zero attached hydrogens (tertiary/aromatic N) is 1. The van der Waals surface area contributed by atoms with E-state index in [1.165, 1.54) is 11.3 Å². The first-order chi connectivity index (χ1) is 6.29. The maximum absolute atomic E-state index is 10.8. The van der Waals surface area contributed by atoms with Crippen molar-refractivity contribution in [2.45, 2.75) is 12.3 Å². The zero-order chi connectivity index (χ0) is 9.26. The maximum atomic E-state index is 10.8. The van der Waals surface area contributed by atoms with Crippen LogP contribution in [0.15, 0.2) is 5.51 Å². The topological polar surface area (TPSA) is 50.2 Å². The quantitative estimate of drug-likeness (QED) is 0.820. The van der Waals surface area contributed by atoms with Gasteiger partial charge < -0.3 is 5.11 Å². The summed E-state index contributed by atoms with van der Waals surface area (Å²) in [6.07, 6.45) is 1.06. The molecule has 1 aliphatic rings. The van der Waals surface area contributed by atoms with Crippen molar-refractivity contribution in [3.63, 3.8) is 0 Å². The van der Waals surface area contributed by atoms with Gasteiger partial charge in [0, 0.05) is 11.7 Å². The fraction of sp³-hybridized carbons (Fsp3) is 0.500. The zero-order valence-electron chi connectivity index (χ0n) is 6.90. The SMILES string of the molecule is O=C(O)c1scnc1C1CCSC1. The highest BCUT2D eigenvalue weighted by Gasteiger charge is 2.25. The van der Waals surface area contributed by atoms with Gasteiger partial charge in [0.2, 0.25) is 0 Å². The molecule has 1 saturated heterocycles. The molecule has 0 bridgehead atoms. The largest absolute Gasteiger partial charge is 0.477 e. The van der Waals surface area contributed by atoms with Crippen molar-refractivity contribution in [1.29, 1.82) is 0 Å². The Hall–Kier alpha value is -0.550. The van der Waals surface area contributed by atoms with Gasteiger partial charge in [0.15, 0.2) is 0 Å². The van der Waals surface area contributed by atoms with E-state index in [9.17, 15) is 4.79 Å². The lowest BCUT2D eigenvalue weighted by atomic mass is 10.0. The summed E-state index contributed by atoms with van der Waals surface area (Å²) < 4.78 is 0. The van der Waals surface area contributed by atoms with Crippen LogP contribution in [-0.2, 0) is 0 Å². The highest BCUT2D eigenvalue weighted by atomic mass is 32.2. The normalized spacial score (nSPS) is 22.0. The van der Waals surface area contributed by atoms with E-state index >= 15 is 0 Å². The van der Waals surface area contributed by atoms with Crippen LogP contribution in [0.3, 0.4) is 0 Å². The monoisotopic (exact) mass is 215 g/mol. The third kappa shape index (κ3) is 1.71. The lowest BCUT2D eigenvalue weighted by Crippen LogP contribution is -2.04. The molecule has 0 aromatic carbocycles. The molecule has 2 heterocycles. The van der Waals surface area contributed by atoms with E-state index in [1.54, 1.807) is 5.51 Å². The summed E-state index contributed by atoms with van der Waals surface area (Å²) in [6.45, 7) is 0. The number of carbonyl (C=O) groups is 1. The standard InChI is InChI=1S/C8H9NO2S2/c10-8(11)7-6(9-4-13-7)5-1-2-12-3-5/h4-5H,1-3H2,(H,10,11). The number of carboxylic acids is 1. The molecule has 2 rings (SSSR count). The minimum atomic E-state index is -0.839. The molecule has 5 heteroatoms. The molecule has 0 saturated carbocycles. The number of hydrogen-bond acceptors (Lipinski definition) is 4. The average Bonchev–Trinajstić information content (AvgIpc) is 2.74. The van der Waals surface area contributed by atoms with Crippen molar-refractivity contribution in [3.8, 4) is 0 Å². The van der Waals surface area contributed by atoms with Gasteiger partial charge in [0.25, 0.3) is 0 Å². The van der Waals surface area contributed by atoms with Gasteiger partial charge in [0.05, 0.1) is 11.2 Å². The van der Waals surface area contributed by atoms with Gasteiger partial charge in [-0.1, -0.05) is 0 Å². The molecule has 1 unspecified atom stereocenters. The Morgan fingerprint density at radius 3 is 3.15 bits per heavy atom. The molecular formula is C8H9NO2S2. The Balaban J connectivity index is 2.28. The molecule has 1 aliphatic heterocycles. The predicted molar refractivity (Wildman–Crippen MR) is 53.8 cm³/mol. The Bertz CT molecular complexity index is 318. The number of rotatable bonds is 2. The van der Waals surface area contributed by atoms with Gasteiger partial charge in [0.1, 0.15) is 4.88 Å². The highest BCUT2D eigenvalue weighted by Crippen LogP contribution is 2.34. The van der Waals surface area contributed by atoms with Crippen LogP contribution < -0.4 is 0 Å². The molecule has 0 aliphatic carbocycles. The molecule has 1 aromatic rings. The van der Waals surface area contributed by atoms with Gasteiger partial charge in [-0.2, -0.15) is 11.8 Å². The zero-order valence-corrected chi connectivity index (χ0v) is 8.53. The Labute approximate surface area is 84.2 Å². The van der Waals surface area contributed by atoms with E-state index in [2.05, 4.69) is 4.98 Å². The Morgan fingerprint density at radius 1 is 1.69 bits per heavy atom. The summed E-state index contributed by atoms with van der Waals surface area (Å²) in [6, 6.07) is 0. The molecule has 0 radical (unpaired) electrons. The van der Waals surface area contributed by atoms with Crippen LogP contribution in [0.1, 0.15) is 27.7 Å². The second kappa shape index (κ2) is 3.67. The molecule has 1 aromatic heterocycles. The van der Waals surface area contributed by atoms with Crippen LogP contribution >= 0.6 is 23.1 Å². The second-order valence-corrected chi connectivity index (χ2v) is 4.94. The van der Waals surface area contributed by atoms with Gasteiger partial charge in [-0.3, -0.25) is 0 Å². The van der Waals surface area contributed by atoms with E-state index in [0.29, 0.717) is 10.8 Å². The molecule has 13 heavy (non-hydrogen) atoms. The smallest absolute Gasteiger partial charge is 0.347 e.